The molecule has 0 radical (unpaired) electrons. The van der Waals surface area contributed by atoms with Crippen LogP contribution in [0.25, 0.3) is 0 Å². The number of carbonyl (C=O) groups excluding carboxylic acids is 1. The summed E-state index contributed by atoms with van der Waals surface area (Å²) in [5.41, 5.74) is 1.38. The minimum Gasteiger partial charge on any atom is -0.353 e. The number of benzene rings is 1. The van der Waals surface area contributed by atoms with Crippen molar-refractivity contribution >= 4 is 27.8 Å². The highest BCUT2D eigenvalue weighted by Gasteiger charge is 2.39. The van der Waals surface area contributed by atoms with E-state index in [0.29, 0.717) is 18.5 Å². The van der Waals surface area contributed by atoms with Crippen LogP contribution in [-0.2, 0) is 4.79 Å². The Morgan fingerprint density at radius 1 is 1.22 bits per heavy atom. The Morgan fingerprint density at radius 3 is 2.48 bits per heavy atom. The lowest BCUT2D eigenvalue weighted by Gasteiger charge is -2.36. The molecule has 2 N–H and O–H groups in total. The first-order chi connectivity index (χ1) is 13.0. The normalized spacial score (nSPS) is 23.4. The van der Waals surface area contributed by atoms with E-state index in [1.54, 1.807) is 0 Å². The molecule has 0 spiro atoms. The molecule has 3 rings (SSSR count). The summed E-state index contributed by atoms with van der Waals surface area (Å²) >= 11 is 3.49. The van der Waals surface area contributed by atoms with Crippen molar-refractivity contribution in [1.82, 2.24) is 20.4 Å². The van der Waals surface area contributed by atoms with Crippen molar-refractivity contribution in [2.45, 2.75) is 38.3 Å². The molecule has 1 aliphatic carbocycles. The van der Waals surface area contributed by atoms with Crippen molar-refractivity contribution < 1.29 is 4.79 Å². The summed E-state index contributed by atoms with van der Waals surface area (Å²) in [6.07, 6.45) is 1.15. The molecule has 7 heteroatoms. The van der Waals surface area contributed by atoms with Crippen LogP contribution >= 0.6 is 15.9 Å². The molecule has 1 amide bonds. The van der Waals surface area contributed by atoms with Gasteiger partial charge in [-0.05, 0) is 38.0 Å². The average molecular weight is 436 g/mol. The lowest BCUT2D eigenvalue weighted by molar-refractivity contribution is -0.123. The molecule has 1 aliphatic heterocycles. The predicted molar refractivity (Wildman–Crippen MR) is 113 cm³/mol. The summed E-state index contributed by atoms with van der Waals surface area (Å²) < 4.78 is 1.12. The Labute approximate surface area is 170 Å². The van der Waals surface area contributed by atoms with E-state index in [9.17, 15) is 4.79 Å². The third-order valence-electron chi connectivity index (χ3n) is 5.10. The molecule has 6 nitrogen and oxygen atoms in total. The summed E-state index contributed by atoms with van der Waals surface area (Å²) in [6.45, 7) is 8.01. The van der Waals surface area contributed by atoms with E-state index in [1.807, 2.05) is 20.9 Å². The summed E-state index contributed by atoms with van der Waals surface area (Å²) in [5.74, 6) is 1.65. The fourth-order valence-corrected chi connectivity index (χ4v) is 3.85. The number of nitrogens with zero attached hydrogens (tertiary/aromatic N) is 3. The van der Waals surface area contributed by atoms with Gasteiger partial charge in [-0.1, -0.05) is 28.1 Å². The zero-order chi connectivity index (χ0) is 19.4. The van der Waals surface area contributed by atoms with Gasteiger partial charge in [0.2, 0.25) is 5.91 Å². The number of aliphatic imine (C=N–C) groups is 1. The molecule has 1 heterocycles. The van der Waals surface area contributed by atoms with Crippen molar-refractivity contribution in [1.29, 1.82) is 0 Å². The zero-order valence-electron chi connectivity index (χ0n) is 16.4. The quantitative estimate of drug-likeness (QED) is 0.548. The molecule has 0 bridgehead atoms. The number of hydrogen-bond donors (Lipinski definition) is 2. The molecule has 2 fully saturated rings. The molecule has 2 atom stereocenters. The summed E-state index contributed by atoms with van der Waals surface area (Å²) in [5, 5.41) is 6.58. The van der Waals surface area contributed by atoms with Gasteiger partial charge in [0, 0.05) is 55.7 Å². The Bertz CT molecular complexity index is 667. The van der Waals surface area contributed by atoms with E-state index in [4.69, 9.17) is 0 Å². The van der Waals surface area contributed by atoms with Crippen molar-refractivity contribution in [3.05, 3.63) is 34.3 Å². The number of amides is 1. The smallest absolute Gasteiger partial charge is 0.234 e. The second-order valence-corrected chi connectivity index (χ2v) is 8.59. The summed E-state index contributed by atoms with van der Waals surface area (Å²) in [6, 6.07) is 9.25. The molecule has 1 aromatic rings. The largest absolute Gasteiger partial charge is 0.353 e. The van der Waals surface area contributed by atoms with Crippen LogP contribution in [0.3, 0.4) is 0 Å². The van der Waals surface area contributed by atoms with Gasteiger partial charge >= 0.3 is 0 Å². The van der Waals surface area contributed by atoms with Gasteiger partial charge in [-0.2, -0.15) is 0 Å². The first-order valence-corrected chi connectivity index (χ1v) is 10.5. The number of nitrogens with one attached hydrogen (secondary N) is 2. The third-order valence-corrected chi connectivity index (χ3v) is 5.63. The van der Waals surface area contributed by atoms with Gasteiger partial charge in [-0.25, -0.2) is 0 Å². The van der Waals surface area contributed by atoms with E-state index in [1.165, 1.54) is 5.56 Å². The lowest BCUT2D eigenvalue weighted by Crippen LogP contribution is -2.54. The maximum Gasteiger partial charge on any atom is 0.234 e. The van der Waals surface area contributed by atoms with Crippen LogP contribution in [0.1, 0.15) is 31.7 Å². The third kappa shape index (κ3) is 5.69. The maximum absolute atomic E-state index is 11.9. The van der Waals surface area contributed by atoms with Crippen molar-refractivity contribution in [3.63, 3.8) is 0 Å². The fourth-order valence-electron chi connectivity index (χ4n) is 3.58. The van der Waals surface area contributed by atoms with Crippen molar-refractivity contribution in [2.24, 2.45) is 4.99 Å². The number of halogens is 1. The molecular formula is C20H30BrN5O. The van der Waals surface area contributed by atoms with Gasteiger partial charge in [0.1, 0.15) is 0 Å². The summed E-state index contributed by atoms with van der Waals surface area (Å²) in [7, 11) is 1.85. The predicted octanol–water partition coefficient (Wildman–Crippen LogP) is 2.02. The minimum absolute atomic E-state index is 0.108. The Balaban J connectivity index is 1.45. The molecular weight excluding hydrogens is 406 g/mol. The van der Waals surface area contributed by atoms with Crippen molar-refractivity contribution in [3.8, 4) is 0 Å². The molecule has 1 aromatic carbocycles. The Morgan fingerprint density at radius 2 is 1.89 bits per heavy atom. The Kier molecular flexibility index (Phi) is 6.76. The van der Waals surface area contributed by atoms with Gasteiger partial charge in [0.15, 0.2) is 5.96 Å². The number of rotatable bonds is 5. The minimum atomic E-state index is 0.108. The lowest BCUT2D eigenvalue weighted by atomic mass is 10.1. The second kappa shape index (κ2) is 9.06. The van der Waals surface area contributed by atoms with Gasteiger partial charge in [-0.3, -0.25) is 14.7 Å². The van der Waals surface area contributed by atoms with E-state index in [-0.39, 0.29) is 11.9 Å². The maximum atomic E-state index is 11.9. The van der Waals surface area contributed by atoms with E-state index < -0.39 is 0 Å². The van der Waals surface area contributed by atoms with Crippen molar-refractivity contribution in [2.75, 3.05) is 39.8 Å². The van der Waals surface area contributed by atoms with E-state index in [0.717, 1.165) is 43.0 Å². The molecule has 1 saturated carbocycles. The van der Waals surface area contributed by atoms with Crippen LogP contribution in [0.15, 0.2) is 33.7 Å². The highest BCUT2D eigenvalue weighted by molar-refractivity contribution is 9.10. The number of piperazine rings is 1. The fraction of sp³-hybridized carbons (Fsp3) is 0.600. The van der Waals surface area contributed by atoms with E-state index >= 15 is 0 Å². The van der Waals surface area contributed by atoms with Gasteiger partial charge in [0.25, 0.3) is 0 Å². The number of guanidine groups is 1. The average Bonchev–Trinajstić information content (AvgIpc) is 3.39. The molecule has 2 aliphatic rings. The standard InChI is InChI=1S/C20H30BrN5O/c1-14(2)23-19(27)13-25-8-10-26(11-9-25)20(22-3)24-18-12-17(18)15-4-6-16(21)7-5-15/h4-7,14,17-18H,8-13H2,1-3H3,(H,22,24)(H,23,27). The molecule has 1 saturated heterocycles. The van der Waals surface area contributed by atoms with Crippen LogP contribution in [0.5, 0.6) is 0 Å². The summed E-state index contributed by atoms with van der Waals surface area (Å²) in [4.78, 5) is 20.9. The number of hydrogen-bond acceptors (Lipinski definition) is 3. The topological polar surface area (TPSA) is 60.0 Å². The van der Waals surface area contributed by atoms with Crippen LogP contribution in [0.2, 0.25) is 0 Å². The monoisotopic (exact) mass is 435 g/mol. The van der Waals surface area contributed by atoms with Gasteiger partial charge in [-0.15, -0.1) is 0 Å². The zero-order valence-corrected chi connectivity index (χ0v) is 18.0. The van der Waals surface area contributed by atoms with Gasteiger partial charge < -0.3 is 15.5 Å². The van der Waals surface area contributed by atoms with Crippen LogP contribution < -0.4 is 10.6 Å². The highest BCUT2D eigenvalue weighted by atomic mass is 79.9. The highest BCUT2D eigenvalue weighted by Crippen LogP contribution is 2.41. The number of carbonyl (C=O) groups is 1. The van der Waals surface area contributed by atoms with Crippen LogP contribution in [-0.4, -0.2) is 73.5 Å². The Hall–Kier alpha value is -1.60. The molecule has 2 unspecified atom stereocenters. The SMILES string of the molecule is CN=C(NC1CC1c1ccc(Br)cc1)N1CCN(CC(=O)NC(C)C)CC1. The molecule has 27 heavy (non-hydrogen) atoms. The second-order valence-electron chi connectivity index (χ2n) is 7.68. The molecule has 148 valence electrons. The van der Waals surface area contributed by atoms with Crippen LogP contribution in [0, 0.1) is 0 Å². The molecule has 0 aromatic heterocycles. The first kappa shape index (κ1) is 20.1. The first-order valence-electron chi connectivity index (χ1n) is 9.71. The van der Waals surface area contributed by atoms with Crippen LogP contribution in [0.4, 0.5) is 0 Å². The van der Waals surface area contributed by atoms with E-state index in [2.05, 4.69) is 65.6 Å². The van der Waals surface area contributed by atoms with Gasteiger partial charge in [0.05, 0.1) is 6.54 Å².